The van der Waals surface area contributed by atoms with E-state index in [-0.39, 0.29) is 0 Å². The Morgan fingerprint density at radius 3 is 2.68 bits per heavy atom. The van der Waals surface area contributed by atoms with E-state index in [0.29, 0.717) is 23.0 Å². The predicted octanol–water partition coefficient (Wildman–Crippen LogP) is 3.19. The van der Waals surface area contributed by atoms with Crippen LogP contribution in [0.3, 0.4) is 0 Å². The molecule has 0 amide bonds. The molecule has 2 unspecified atom stereocenters. The molecule has 2 atom stereocenters. The predicted molar refractivity (Wildman–Crippen MR) is 83.8 cm³/mol. The highest BCUT2D eigenvalue weighted by atomic mass is 32.2. The number of anilines is 2. The van der Waals surface area contributed by atoms with Gasteiger partial charge in [-0.15, -0.1) is 0 Å². The second-order valence-electron chi connectivity index (χ2n) is 5.55. The first-order valence-corrected chi connectivity index (χ1v) is 8.25. The molecule has 106 valence electrons. The minimum Gasteiger partial charge on any atom is -0.383 e. The molecular weight excluding hydrogens is 256 g/mol. The number of thioether (sulfide) groups is 1. The molecule has 0 spiro atoms. The first-order valence-electron chi connectivity index (χ1n) is 6.96. The van der Waals surface area contributed by atoms with E-state index < -0.39 is 0 Å². The van der Waals surface area contributed by atoms with E-state index in [9.17, 15) is 0 Å². The lowest BCUT2D eigenvalue weighted by Crippen LogP contribution is -2.27. The number of hydrogen-bond acceptors (Lipinski definition) is 5. The molecule has 1 heterocycles. The fourth-order valence-electron chi connectivity index (χ4n) is 2.50. The quantitative estimate of drug-likeness (QED) is 0.887. The highest BCUT2D eigenvalue weighted by molar-refractivity contribution is 7.99. The fraction of sp³-hybridized carbons (Fsp3) is 0.714. The van der Waals surface area contributed by atoms with Crippen LogP contribution >= 0.6 is 11.8 Å². The van der Waals surface area contributed by atoms with E-state index in [0.717, 1.165) is 17.2 Å². The third kappa shape index (κ3) is 3.14. The van der Waals surface area contributed by atoms with E-state index in [1.54, 1.807) is 0 Å². The first-order chi connectivity index (χ1) is 9.02. The lowest BCUT2D eigenvalue weighted by molar-refractivity contribution is 0.741. The smallest absolute Gasteiger partial charge is 0.135 e. The summed E-state index contributed by atoms with van der Waals surface area (Å²) < 4.78 is 0. The van der Waals surface area contributed by atoms with Gasteiger partial charge in [0.25, 0.3) is 0 Å². The molecule has 5 heteroatoms. The van der Waals surface area contributed by atoms with Crippen LogP contribution in [-0.2, 0) is 0 Å². The van der Waals surface area contributed by atoms with E-state index in [2.05, 4.69) is 35.4 Å². The van der Waals surface area contributed by atoms with Gasteiger partial charge in [0.1, 0.15) is 17.5 Å². The maximum absolute atomic E-state index is 6.00. The Hall–Kier alpha value is -0.970. The Kier molecular flexibility index (Phi) is 4.55. The van der Waals surface area contributed by atoms with Gasteiger partial charge in [-0.1, -0.05) is 20.3 Å². The molecule has 0 saturated heterocycles. The first kappa shape index (κ1) is 14.4. The van der Waals surface area contributed by atoms with Gasteiger partial charge in [0.15, 0.2) is 0 Å². The van der Waals surface area contributed by atoms with E-state index >= 15 is 0 Å². The Morgan fingerprint density at radius 1 is 1.32 bits per heavy atom. The van der Waals surface area contributed by atoms with Crippen LogP contribution in [-0.4, -0.2) is 27.5 Å². The van der Waals surface area contributed by atoms with Crippen molar-refractivity contribution in [2.45, 2.75) is 57.2 Å². The molecule has 1 aromatic rings. The van der Waals surface area contributed by atoms with E-state index in [1.165, 1.54) is 19.3 Å². The van der Waals surface area contributed by atoms with Crippen LogP contribution in [0.15, 0.2) is 0 Å². The van der Waals surface area contributed by atoms with Gasteiger partial charge in [0, 0.05) is 22.8 Å². The second kappa shape index (κ2) is 5.99. The van der Waals surface area contributed by atoms with Gasteiger partial charge in [0.2, 0.25) is 0 Å². The summed E-state index contributed by atoms with van der Waals surface area (Å²) in [6.07, 6.45) is 5.98. The monoisotopic (exact) mass is 280 g/mol. The topological polar surface area (TPSA) is 63.8 Å². The van der Waals surface area contributed by atoms with Crippen LogP contribution in [0.1, 0.15) is 50.4 Å². The van der Waals surface area contributed by atoms with Gasteiger partial charge in [-0.05, 0) is 26.0 Å². The number of nitrogen functional groups attached to an aromatic ring is 1. The fourth-order valence-corrected chi connectivity index (χ4v) is 3.43. The molecular formula is C14H24N4S. The van der Waals surface area contributed by atoms with Crippen LogP contribution in [0.5, 0.6) is 0 Å². The lowest BCUT2D eigenvalue weighted by atomic mass is 10.2. The Morgan fingerprint density at radius 2 is 2.05 bits per heavy atom. The molecule has 1 saturated carbocycles. The Balaban J connectivity index is 2.24. The third-order valence-corrected chi connectivity index (χ3v) is 4.96. The van der Waals surface area contributed by atoms with Crippen LogP contribution < -0.4 is 11.1 Å². The van der Waals surface area contributed by atoms with Crippen molar-refractivity contribution in [3.05, 3.63) is 11.4 Å². The van der Waals surface area contributed by atoms with Crippen molar-refractivity contribution in [2.24, 2.45) is 0 Å². The van der Waals surface area contributed by atoms with E-state index in [1.807, 2.05) is 18.7 Å². The summed E-state index contributed by atoms with van der Waals surface area (Å²) in [5.41, 5.74) is 6.97. The SMILES string of the molecule is CSC1CCCC1Nc1nc(C(C)C)nc(N)c1C. The normalized spacial score (nSPS) is 23.0. The zero-order valence-corrected chi connectivity index (χ0v) is 13.0. The molecule has 2 rings (SSSR count). The van der Waals surface area contributed by atoms with Gasteiger partial charge in [-0.2, -0.15) is 11.8 Å². The zero-order valence-electron chi connectivity index (χ0n) is 12.2. The summed E-state index contributed by atoms with van der Waals surface area (Å²) in [5, 5.41) is 4.27. The van der Waals surface area contributed by atoms with Crippen molar-refractivity contribution in [3.63, 3.8) is 0 Å². The van der Waals surface area contributed by atoms with Crippen LogP contribution in [0.25, 0.3) is 0 Å². The van der Waals surface area contributed by atoms with Crippen LogP contribution in [0.4, 0.5) is 11.6 Å². The molecule has 1 aliphatic carbocycles. The molecule has 1 aromatic heterocycles. The molecule has 3 N–H and O–H groups in total. The number of nitrogens with two attached hydrogens (primary N) is 1. The molecule has 1 fully saturated rings. The Bertz CT molecular complexity index is 447. The number of rotatable bonds is 4. The molecule has 19 heavy (non-hydrogen) atoms. The molecule has 0 radical (unpaired) electrons. The van der Waals surface area contributed by atoms with Crippen molar-refractivity contribution in [1.29, 1.82) is 0 Å². The largest absolute Gasteiger partial charge is 0.383 e. The van der Waals surface area contributed by atoms with Gasteiger partial charge < -0.3 is 11.1 Å². The van der Waals surface area contributed by atoms with Crippen molar-refractivity contribution in [2.75, 3.05) is 17.3 Å². The van der Waals surface area contributed by atoms with Gasteiger partial charge >= 0.3 is 0 Å². The van der Waals surface area contributed by atoms with Crippen LogP contribution in [0, 0.1) is 6.92 Å². The van der Waals surface area contributed by atoms with Gasteiger partial charge in [-0.3, -0.25) is 0 Å². The summed E-state index contributed by atoms with van der Waals surface area (Å²) in [6.45, 7) is 6.17. The lowest BCUT2D eigenvalue weighted by Gasteiger charge is -2.22. The second-order valence-corrected chi connectivity index (χ2v) is 6.63. The summed E-state index contributed by atoms with van der Waals surface area (Å²) in [7, 11) is 0. The maximum atomic E-state index is 6.00. The maximum Gasteiger partial charge on any atom is 0.135 e. The van der Waals surface area contributed by atoms with Gasteiger partial charge in [-0.25, -0.2) is 9.97 Å². The molecule has 1 aliphatic rings. The number of hydrogen-bond donors (Lipinski definition) is 2. The molecule has 0 aliphatic heterocycles. The standard InChI is InChI=1S/C14H24N4S/c1-8(2)13-17-12(15)9(3)14(18-13)16-10-6-5-7-11(10)19-4/h8,10-11H,5-7H2,1-4H3,(H3,15,16,17,18). The minimum absolute atomic E-state index is 0.295. The van der Waals surface area contributed by atoms with Crippen molar-refractivity contribution < 1.29 is 0 Å². The highest BCUT2D eigenvalue weighted by Crippen LogP contribution is 2.32. The molecule has 4 nitrogen and oxygen atoms in total. The summed E-state index contributed by atoms with van der Waals surface area (Å²) in [4.78, 5) is 9.02. The van der Waals surface area contributed by atoms with Crippen molar-refractivity contribution >= 4 is 23.4 Å². The number of nitrogens with one attached hydrogen (secondary N) is 1. The average Bonchev–Trinajstić information content (AvgIpc) is 2.81. The average molecular weight is 280 g/mol. The Labute approximate surface area is 120 Å². The minimum atomic E-state index is 0.295. The zero-order chi connectivity index (χ0) is 14.0. The highest BCUT2D eigenvalue weighted by Gasteiger charge is 2.27. The molecule has 0 bridgehead atoms. The van der Waals surface area contributed by atoms with E-state index in [4.69, 9.17) is 5.73 Å². The molecule has 0 aromatic carbocycles. The van der Waals surface area contributed by atoms with Gasteiger partial charge in [0.05, 0.1) is 0 Å². The summed E-state index contributed by atoms with van der Waals surface area (Å²) in [6, 6.07) is 0.503. The number of nitrogens with zero attached hydrogens (tertiary/aromatic N) is 2. The third-order valence-electron chi connectivity index (χ3n) is 3.79. The van der Waals surface area contributed by atoms with Crippen molar-refractivity contribution in [3.8, 4) is 0 Å². The summed E-state index contributed by atoms with van der Waals surface area (Å²) >= 11 is 1.94. The van der Waals surface area contributed by atoms with Crippen molar-refractivity contribution in [1.82, 2.24) is 9.97 Å². The summed E-state index contributed by atoms with van der Waals surface area (Å²) in [5.74, 6) is 2.63. The van der Waals surface area contributed by atoms with Crippen LogP contribution in [0.2, 0.25) is 0 Å². The number of aromatic nitrogens is 2.